The van der Waals surface area contributed by atoms with E-state index in [1.165, 1.54) is 0 Å². The van der Waals surface area contributed by atoms with Crippen LogP contribution in [0.15, 0.2) is 91.0 Å². The first-order chi connectivity index (χ1) is 14.2. The van der Waals surface area contributed by atoms with Crippen LogP contribution in [0.25, 0.3) is 16.9 Å². The zero-order valence-electron chi connectivity index (χ0n) is 16.1. The Morgan fingerprint density at radius 1 is 0.931 bits per heavy atom. The molecular formula is C24H21N3O2. The molecule has 1 aromatic heterocycles. The lowest BCUT2D eigenvalue weighted by Gasteiger charge is -2.10. The molecule has 29 heavy (non-hydrogen) atoms. The number of ether oxygens (including phenoxy) is 1. The zero-order valence-corrected chi connectivity index (χ0v) is 16.1. The average Bonchev–Trinajstić information content (AvgIpc) is 3.18. The fourth-order valence-electron chi connectivity index (χ4n) is 2.95. The minimum atomic E-state index is -0.248. The van der Waals surface area contributed by atoms with Crippen LogP contribution in [0.1, 0.15) is 5.56 Å². The van der Waals surface area contributed by atoms with Gasteiger partial charge in [0.2, 0.25) is 0 Å². The molecule has 0 spiro atoms. The van der Waals surface area contributed by atoms with Crippen molar-refractivity contribution in [3.05, 3.63) is 96.6 Å². The van der Waals surface area contributed by atoms with E-state index in [1.807, 2.05) is 97.9 Å². The van der Waals surface area contributed by atoms with Gasteiger partial charge in [-0.25, -0.2) is 4.68 Å². The summed E-state index contributed by atoms with van der Waals surface area (Å²) in [5, 5.41) is 7.63. The molecule has 0 atom stereocenters. The lowest BCUT2D eigenvalue weighted by atomic mass is 10.2. The third-order valence-electron chi connectivity index (χ3n) is 4.44. The summed E-state index contributed by atoms with van der Waals surface area (Å²) in [5.74, 6) is 0.996. The highest BCUT2D eigenvalue weighted by atomic mass is 16.5. The quantitative estimate of drug-likeness (QED) is 0.517. The van der Waals surface area contributed by atoms with Crippen LogP contribution in [-0.4, -0.2) is 22.3 Å². The van der Waals surface area contributed by atoms with Crippen molar-refractivity contribution in [1.82, 2.24) is 9.78 Å². The smallest absolute Gasteiger partial charge is 0.263 e. The summed E-state index contributed by atoms with van der Waals surface area (Å²) >= 11 is 0. The summed E-state index contributed by atoms with van der Waals surface area (Å²) in [6.45, 7) is 1.95. The molecule has 144 valence electrons. The first-order valence-corrected chi connectivity index (χ1v) is 9.39. The molecule has 0 saturated heterocycles. The molecule has 0 bridgehead atoms. The topological polar surface area (TPSA) is 56.2 Å². The normalized spacial score (nSPS) is 10.5. The maximum atomic E-state index is 12.5. The molecule has 3 aromatic carbocycles. The number of para-hydroxylation sites is 1. The molecule has 0 aliphatic heterocycles. The van der Waals surface area contributed by atoms with E-state index in [4.69, 9.17) is 9.84 Å². The van der Waals surface area contributed by atoms with Gasteiger partial charge in [0.15, 0.2) is 6.61 Å². The minimum Gasteiger partial charge on any atom is -0.484 e. The van der Waals surface area contributed by atoms with Gasteiger partial charge in [0, 0.05) is 11.6 Å². The fraction of sp³-hybridized carbons (Fsp3) is 0.0833. The van der Waals surface area contributed by atoms with Crippen molar-refractivity contribution in [2.45, 2.75) is 6.92 Å². The van der Waals surface area contributed by atoms with Gasteiger partial charge in [-0.05, 0) is 31.2 Å². The second kappa shape index (κ2) is 8.44. The van der Waals surface area contributed by atoms with Crippen molar-refractivity contribution in [3.63, 3.8) is 0 Å². The van der Waals surface area contributed by atoms with Gasteiger partial charge in [-0.2, -0.15) is 5.10 Å². The third-order valence-corrected chi connectivity index (χ3v) is 4.44. The van der Waals surface area contributed by atoms with Crippen molar-refractivity contribution < 1.29 is 9.53 Å². The van der Waals surface area contributed by atoms with Gasteiger partial charge in [0.1, 0.15) is 11.6 Å². The van der Waals surface area contributed by atoms with Gasteiger partial charge < -0.3 is 10.1 Å². The summed E-state index contributed by atoms with van der Waals surface area (Å²) in [6.07, 6.45) is 0. The number of carbonyl (C=O) groups is 1. The van der Waals surface area contributed by atoms with Gasteiger partial charge in [-0.15, -0.1) is 0 Å². The molecule has 1 N–H and O–H groups in total. The molecule has 0 unspecified atom stereocenters. The van der Waals surface area contributed by atoms with Gasteiger partial charge in [0.05, 0.1) is 11.4 Å². The monoisotopic (exact) mass is 383 g/mol. The fourth-order valence-corrected chi connectivity index (χ4v) is 2.95. The van der Waals surface area contributed by atoms with E-state index in [9.17, 15) is 4.79 Å². The zero-order chi connectivity index (χ0) is 20.1. The van der Waals surface area contributed by atoms with Crippen LogP contribution in [-0.2, 0) is 4.79 Å². The number of hydrogen-bond acceptors (Lipinski definition) is 3. The number of amides is 1. The number of aryl methyl sites for hydroxylation is 1. The van der Waals surface area contributed by atoms with E-state index in [2.05, 4.69) is 5.32 Å². The Hall–Kier alpha value is -3.86. The standard InChI is InChI=1S/C24H21N3O2/c1-18-12-14-20(15-13-18)27-23(16-22(26-27)19-8-4-2-5-9-19)25-24(28)17-29-21-10-6-3-7-11-21/h2-16H,17H2,1H3,(H,25,28). The molecule has 4 rings (SSSR count). The van der Waals surface area contributed by atoms with Crippen LogP contribution in [0, 0.1) is 6.92 Å². The highest BCUT2D eigenvalue weighted by Gasteiger charge is 2.14. The second-order valence-corrected chi connectivity index (χ2v) is 6.68. The predicted molar refractivity (Wildman–Crippen MR) is 114 cm³/mol. The van der Waals surface area contributed by atoms with Crippen molar-refractivity contribution in [3.8, 4) is 22.7 Å². The molecule has 0 radical (unpaired) electrons. The number of benzene rings is 3. The van der Waals surface area contributed by atoms with Gasteiger partial charge in [-0.3, -0.25) is 4.79 Å². The number of hydrogen-bond donors (Lipinski definition) is 1. The number of rotatable bonds is 6. The van der Waals surface area contributed by atoms with E-state index in [0.717, 1.165) is 22.5 Å². The Labute approximate surface area is 169 Å². The minimum absolute atomic E-state index is 0.0796. The summed E-state index contributed by atoms with van der Waals surface area (Å²) in [4.78, 5) is 12.5. The van der Waals surface area contributed by atoms with E-state index >= 15 is 0 Å². The molecule has 1 heterocycles. The van der Waals surface area contributed by atoms with E-state index in [0.29, 0.717) is 11.6 Å². The lowest BCUT2D eigenvalue weighted by Crippen LogP contribution is -2.21. The Morgan fingerprint density at radius 2 is 1.59 bits per heavy atom. The van der Waals surface area contributed by atoms with Crippen LogP contribution < -0.4 is 10.1 Å². The van der Waals surface area contributed by atoms with Crippen molar-refractivity contribution in [1.29, 1.82) is 0 Å². The largest absolute Gasteiger partial charge is 0.484 e. The number of nitrogens with zero attached hydrogens (tertiary/aromatic N) is 2. The second-order valence-electron chi connectivity index (χ2n) is 6.68. The lowest BCUT2D eigenvalue weighted by molar-refractivity contribution is -0.118. The van der Waals surface area contributed by atoms with Gasteiger partial charge in [-0.1, -0.05) is 66.2 Å². The summed E-state index contributed by atoms with van der Waals surface area (Å²) in [6, 6.07) is 29.0. The van der Waals surface area contributed by atoms with Crippen LogP contribution in [0.2, 0.25) is 0 Å². The van der Waals surface area contributed by atoms with E-state index in [-0.39, 0.29) is 12.5 Å². The Bertz CT molecular complexity index is 1090. The van der Waals surface area contributed by atoms with Crippen LogP contribution >= 0.6 is 0 Å². The molecule has 1 amide bonds. The maximum absolute atomic E-state index is 12.5. The molecular weight excluding hydrogens is 362 g/mol. The third kappa shape index (κ3) is 4.52. The van der Waals surface area contributed by atoms with E-state index in [1.54, 1.807) is 4.68 Å². The number of carbonyl (C=O) groups excluding carboxylic acids is 1. The Balaban J connectivity index is 1.59. The maximum Gasteiger partial charge on any atom is 0.263 e. The number of nitrogens with one attached hydrogen (secondary N) is 1. The molecule has 0 saturated carbocycles. The van der Waals surface area contributed by atoms with Gasteiger partial charge in [0.25, 0.3) is 5.91 Å². The Kier molecular flexibility index (Phi) is 5.38. The van der Waals surface area contributed by atoms with Crippen molar-refractivity contribution in [2.75, 3.05) is 11.9 Å². The highest BCUT2D eigenvalue weighted by molar-refractivity contribution is 5.92. The van der Waals surface area contributed by atoms with Crippen LogP contribution in [0.4, 0.5) is 5.82 Å². The first kappa shape index (κ1) is 18.5. The Morgan fingerprint density at radius 3 is 2.28 bits per heavy atom. The summed E-state index contributed by atoms with van der Waals surface area (Å²) in [7, 11) is 0. The molecule has 5 nitrogen and oxygen atoms in total. The van der Waals surface area contributed by atoms with Gasteiger partial charge >= 0.3 is 0 Å². The molecule has 5 heteroatoms. The SMILES string of the molecule is Cc1ccc(-n2nc(-c3ccccc3)cc2NC(=O)COc2ccccc2)cc1. The van der Waals surface area contributed by atoms with Crippen molar-refractivity contribution >= 4 is 11.7 Å². The molecule has 0 aliphatic rings. The summed E-state index contributed by atoms with van der Waals surface area (Å²) < 4.78 is 7.29. The first-order valence-electron chi connectivity index (χ1n) is 9.39. The van der Waals surface area contributed by atoms with Crippen LogP contribution in [0.3, 0.4) is 0 Å². The molecule has 4 aromatic rings. The van der Waals surface area contributed by atoms with E-state index < -0.39 is 0 Å². The average molecular weight is 383 g/mol. The number of aromatic nitrogens is 2. The van der Waals surface area contributed by atoms with Crippen LogP contribution in [0.5, 0.6) is 5.75 Å². The van der Waals surface area contributed by atoms with Crippen molar-refractivity contribution in [2.24, 2.45) is 0 Å². The molecule has 0 fully saturated rings. The number of anilines is 1. The highest BCUT2D eigenvalue weighted by Crippen LogP contribution is 2.25. The summed E-state index contributed by atoms with van der Waals surface area (Å²) in [5.41, 5.74) is 3.79. The molecule has 0 aliphatic carbocycles. The predicted octanol–water partition coefficient (Wildman–Crippen LogP) is 4.87.